The van der Waals surface area contributed by atoms with Crippen LogP contribution in [0.5, 0.6) is 11.5 Å². The maximum absolute atomic E-state index is 13.4. The van der Waals surface area contributed by atoms with Gasteiger partial charge in [-0.1, -0.05) is 19.3 Å². The molecule has 1 aliphatic carbocycles. The number of nitrogens with one attached hydrogen (secondary N) is 2. The van der Waals surface area contributed by atoms with E-state index in [0.29, 0.717) is 67.6 Å². The molecule has 0 radical (unpaired) electrons. The molecular formula is C32H43N5O5. The first kappa shape index (κ1) is 29.7. The van der Waals surface area contributed by atoms with Gasteiger partial charge in [0.15, 0.2) is 11.5 Å². The van der Waals surface area contributed by atoms with E-state index in [0.717, 1.165) is 50.9 Å². The van der Waals surface area contributed by atoms with Gasteiger partial charge >= 0.3 is 0 Å². The van der Waals surface area contributed by atoms with Crippen LogP contribution in [0, 0.1) is 5.92 Å². The van der Waals surface area contributed by atoms with Crippen molar-refractivity contribution in [3.63, 3.8) is 0 Å². The summed E-state index contributed by atoms with van der Waals surface area (Å²) >= 11 is 0. The summed E-state index contributed by atoms with van der Waals surface area (Å²) in [5, 5.41) is 6.55. The molecule has 0 atom stereocenters. The highest BCUT2D eigenvalue weighted by atomic mass is 16.5. The van der Waals surface area contributed by atoms with Crippen LogP contribution in [0.25, 0.3) is 0 Å². The first-order chi connectivity index (χ1) is 20.5. The molecule has 2 N–H and O–H groups in total. The number of amides is 3. The minimum absolute atomic E-state index is 0.00130. The van der Waals surface area contributed by atoms with Gasteiger partial charge in [-0.05, 0) is 62.2 Å². The number of rotatable bonds is 7. The van der Waals surface area contributed by atoms with E-state index < -0.39 is 0 Å². The van der Waals surface area contributed by atoms with Gasteiger partial charge in [0.1, 0.15) is 0 Å². The Labute approximate surface area is 248 Å². The second-order valence-corrected chi connectivity index (χ2v) is 11.3. The van der Waals surface area contributed by atoms with Gasteiger partial charge in [-0.25, -0.2) is 0 Å². The normalized spacial score (nSPS) is 18.3. The van der Waals surface area contributed by atoms with Gasteiger partial charge in [-0.3, -0.25) is 14.4 Å². The molecule has 0 bridgehead atoms. The van der Waals surface area contributed by atoms with Crippen LogP contribution in [-0.4, -0.2) is 94.1 Å². The van der Waals surface area contributed by atoms with Crippen LogP contribution in [-0.2, 0) is 4.79 Å². The first-order valence-electron chi connectivity index (χ1n) is 15.2. The molecule has 0 aromatic heterocycles. The summed E-state index contributed by atoms with van der Waals surface area (Å²) in [5.41, 5.74) is 2.69. The molecule has 3 amide bonds. The fraction of sp³-hybridized carbons (Fsp3) is 0.531. The molecule has 10 heteroatoms. The van der Waals surface area contributed by atoms with E-state index in [1.807, 2.05) is 28.0 Å². The van der Waals surface area contributed by atoms with Gasteiger partial charge in [-0.15, -0.1) is 0 Å². The zero-order valence-corrected chi connectivity index (χ0v) is 24.8. The zero-order chi connectivity index (χ0) is 29.5. The Balaban J connectivity index is 1.32. The third-order valence-corrected chi connectivity index (χ3v) is 8.64. The summed E-state index contributed by atoms with van der Waals surface area (Å²) in [4.78, 5) is 46.0. The van der Waals surface area contributed by atoms with Gasteiger partial charge in [0.05, 0.1) is 25.6 Å². The molecule has 2 aliphatic heterocycles. The van der Waals surface area contributed by atoms with E-state index in [9.17, 15) is 14.4 Å². The fourth-order valence-corrected chi connectivity index (χ4v) is 6.18. The predicted octanol–water partition coefficient (Wildman–Crippen LogP) is 3.62. The number of hydrogen-bond donors (Lipinski definition) is 2. The third kappa shape index (κ3) is 6.81. The molecule has 5 rings (SSSR count). The van der Waals surface area contributed by atoms with Crippen LogP contribution >= 0.6 is 0 Å². The van der Waals surface area contributed by atoms with Crippen molar-refractivity contribution in [3.8, 4) is 11.5 Å². The Bertz CT molecular complexity index is 1260. The number of nitrogens with zero attached hydrogens (tertiary/aromatic N) is 3. The lowest BCUT2D eigenvalue weighted by molar-refractivity contribution is -0.120. The summed E-state index contributed by atoms with van der Waals surface area (Å²) in [7, 11) is 3.12. The molecule has 3 fully saturated rings. The first-order valence-corrected chi connectivity index (χ1v) is 15.2. The molecule has 42 heavy (non-hydrogen) atoms. The van der Waals surface area contributed by atoms with Crippen molar-refractivity contribution in [1.29, 1.82) is 0 Å². The zero-order valence-electron chi connectivity index (χ0n) is 24.8. The van der Waals surface area contributed by atoms with Gasteiger partial charge in [0.2, 0.25) is 5.91 Å². The van der Waals surface area contributed by atoms with Crippen LogP contribution in [0.15, 0.2) is 36.4 Å². The number of carbonyl (C=O) groups is 3. The molecule has 3 aliphatic rings. The quantitative estimate of drug-likeness (QED) is 0.518. The topological polar surface area (TPSA) is 103 Å². The highest BCUT2D eigenvalue weighted by Crippen LogP contribution is 2.32. The maximum atomic E-state index is 13.4. The Hall–Kier alpha value is -3.79. The Morgan fingerprint density at radius 2 is 1.40 bits per heavy atom. The molecule has 0 spiro atoms. The predicted molar refractivity (Wildman–Crippen MR) is 163 cm³/mol. The second-order valence-electron chi connectivity index (χ2n) is 11.3. The third-order valence-electron chi connectivity index (χ3n) is 8.64. The minimum atomic E-state index is -0.0608. The molecule has 226 valence electrons. The largest absolute Gasteiger partial charge is 0.493 e. The number of benzene rings is 2. The van der Waals surface area contributed by atoms with Crippen molar-refractivity contribution in [3.05, 3.63) is 47.5 Å². The molecule has 2 aromatic carbocycles. The van der Waals surface area contributed by atoms with Gasteiger partial charge < -0.3 is 34.8 Å². The molecule has 2 saturated heterocycles. The molecule has 10 nitrogen and oxygen atoms in total. The molecule has 2 aromatic rings. The number of carbonyl (C=O) groups excluding carboxylic acids is 3. The second kappa shape index (κ2) is 13.9. The number of hydrogen-bond acceptors (Lipinski definition) is 7. The number of piperazine rings is 1. The minimum Gasteiger partial charge on any atom is -0.493 e. The van der Waals surface area contributed by atoms with E-state index >= 15 is 0 Å². The summed E-state index contributed by atoms with van der Waals surface area (Å²) < 4.78 is 10.7. The van der Waals surface area contributed by atoms with Crippen molar-refractivity contribution >= 4 is 29.1 Å². The molecule has 0 unspecified atom stereocenters. The smallest absolute Gasteiger partial charge is 0.254 e. The lowest BCUT2D eigenvalue weighted by Crippen LogP contribution is -2.49. The van der Waals surface area contributed by atoms with Gasteiger partial charge in [0.25, 0.3) is 11.8 Å². The van der Waals surface area contributed by atoms with Crippen molar-refractivity contribution in [2.75, 3.05) is 76.8 Å². The van der Waals surface area contributed by atoms with Crippen molar-refractivity contribution in [1.82, 2.24) is 15.1 Å². The van der Waals surface area contributed by atoms with E-state index in [1.54, 1.807) is 32.4 Å². The summed E-state index contributed by atoms with van der Waals surface area (Å²) in [6.45, 7) is 5.35. The van der Waals surface area contributed by atoms with Gasteiger partial charge in [0, 0.05) is 62.9 Å². The van der Waals surface area contributed by atoms with Crippen LogP contribution in [0.4, 0.5) is 11.4 Å². The lowest BCUT2D eigenvalue weighted by atomic mass is 9.88. The average molecular weight is 578 g/mol. The SMILES string of the molecule is COc1ccc(C(=O)N2CCN(c3ccc(C(=O)N4CCCNCC4)cc3NC(=O)C3CCCCC3)CC2)cc1OC. The van der Waals surface area contributed by atoms with E-state index in [1.165, 1.54) is 6.42 Å². The van der Waals surface area contributed by atoms with Crippen LogP contribution in [0.1, 0.15) is 59.2 Å². The van der Waals surface area contributed by atoms with Crippen LogP contribution in [0.3, 0.4) is 0 Å². The van der Waals surface area contributed by atoms with E-state index in [-0.39, 0.29) is 23.6 Å². The average Bonchev–Trinajstić information content (AvgIpc) is 3.34. The Morgan fingerprint density at radius 1 is 0.738 bits per heavy atom. The monoisotopic (exact) mass is 577 g/mol. The summed E-state index contributed by atoms with van der Waals surface area (Å²) in [5.74, 6) is 1.06. The number of methoxy groups -OCH3 is 2. The van der Waals surface area contributed by atoms with Crippen LogP contribution < -0.4 is 25.0 Å². The maximum Gasteiger partial charge on any atom is 0.254 e. The molecule has 2 heterocycles. The van der Waals surface area contributed by atoms with Crippen molar-refractivity contribution < 1.29 is 23.9 Å². The summed E-state index contributed by atoms with van der Waals surface area (Å²) in [6, 6.07) is 10.9. The molecular weight excluding hydrogens is 534 g/mol. The standard InChI is InChI=1S/C32H43N5O5/c1-41-28-12-10-25(22-29(28)42-2)32(40)37-19-17-35(18-20-37)27-11-9-24(31(39)36-15-6-13-33-14-16-36)21-26(27)34-30(38)23-7-4-3-5-8-23/h9-12,21-23,33H,3-8,13-20H2,1-2H3,(H,34,38). The highest BCUT2D eigenvalue weighted by Gasteiger charge is 2.28. The fourth-order valence-electron chi connectivity index (χ4n) is 6.18. The number of anilines is 2. The lowest BCUT2D eigenvalue weighted by Gasteiger charge is -2.37. The van der Waals surface area contributed by atoms with Crippen molar-refractivity contribution in [2.45, 2.75) is 38.5 Å². The number of ether oxygens (including phenoxy) is 2. The van der Waals surface area contributed by atoms with E-state index in [2.05, 4.69) is 15.5 Å². The molecule has 1 saturated carbocycles. The van der Waals surface area contributed by atoms with Crippen molar-refractivity contribution in [2.24, 2.45) is 5.92 Å². The van der Waals surface area contributed by atoms with Gasteiger partial charge in [-0.2, -0.15) is 0 Å². The van der Waals surface area contributed by atoms with Crippen LogP contribution in [0.2, 0.25) is 0 Å². The Morgan fingerprint density at radius 3 is 2.12 bits per heavy atom. The Kier molecular flexibility index (Phi) is 9.84. The summed E-state index contributed by atoms with van der Waals surface area (Å²) in [6.07, 6.45) is 6.04. The highest BCUT2D eigenvalue weighted by molar-refractivity contribution is 6.01. The van der Waals surface area contributed by atoms with E-state index in [4.69, 9.17) is 9.47 Å².